The molecular weight excluding hydrogens is 332 g/mol. The van der Waals surface area contributed by atoms with Crippen LogP contribution in [-0.4, -0.2) is 17.8 Å². The van der Waals surface area contributed by atoms with Crippen molar-refractivity contribution < 1.29 is 19.1 Å². The Morgan fingerprint density at radius 1 is 1.08 bits per heavy atom. The first kappa shape index (κ1) is 17.4. The molecule has 0 aliphatic carbocycles. The minimum Gasteiger partial charge on any atom is -0.427 e. The maximum Gasteiger partial charge on any atom is 0.308 e. The van der Waals surface area contributed by atoms with Crippen LogP contribution in [0.4, 0.5) is 5.69 Å². The van der Waals surface area contributed by atoms with E-state index in [-0.39, 0.29) is 5.57 Å². The number of rotatable bonds is 3. The predicted molar refractivity (Wildman–Crippen MR) is 97.3 cm³/mol. The molecule has 1 N–H and O–H groups in total. The van der Waals surface area contributed by atoms with E-state index in [2.05, 4.69) is 5.43 Å². The molecule has 0 unspecified atom stereocenters. The summed E-state index contributed by atoms with van der Waals surface area (Å²) in [6.07, 6.45) is 1.48. The lowest BCUT2D eigenvalue weighted by atomic mass is 10.1. The summed E-state index contributed by atoms with van der Waals surface area (Å²) in [6, 6.07) is 12.1. The zero-order valence-corrected chi connectivity index (χ0v) is 14.7. The average Bonchev–Trinajstić information content (AvgIpc) is 2.85. The van der Waals surface area contributed by atoms with E-state index in [1.165, 1.54) is 18.0 Å². The van der Waals surface area contributed by atoms with E-state index < -0.39 is 17.8 Å². The smallest absolute Gasteiger partial charge is 0.308 e. The van der Waals surface area contributed by atoms with E-state index in [4.69, 9.17) is 4.74 Å². The second-order valence-electron chi connectivity index (χ2n) is 6.07. The van der Waals surface area contributed by atoms with Crippen molar-refractivity contribution in [1.29, 1.82) is 0 Å². The van der Waals surface area contributed by atoms with Gasteiger partial charge in [-0.3, -0.25) is 19.8 Å². The van der Waals surface area contributed by atoms with Gasteiger partial charge in [-0.15, -0.1) is 0 Å². The van der Waals surface area contributed by atoms with Gasteiger partial charge in [0.05, 0.1) is 5.69 Å². The molecule has 0 spiro atoms. The Kier molecular flexibility index (Phi) is 4.58. The minimum absolute atomic E-state index is 0.0169. The van der Waals surface area contributed by atoms with Crippen LogP contribution in [0.25, 0.3) is 6.08 Å². The molecule has 0 saturated carbocycles. The molecule has 26 heavy (non-hydrogen) atoms. The molecule has 0 aromatic heterocycles. The molecule has 6 nitrogen and oxygen atoms in total. The van der Waals surface area contributed by atoms with Crippen molar-refractivity contribution in [3.63, 3.8) is 0 Å². The molecule has 132 valence electrons. The van der Waals surface area contributed by atoms with Gasteiger partial charge in [-0.1, -0.05) is 18.2 Å². The number of carbonyl (C=O) groups excluding carboxylic acids is 3. The van der Waals surface area contributed by atoms with Gasteiger partial charge in [-0.2, -0.15) is 0 Å². The SMILES string of the molecule is CC(=O)Oc1cccc(C=C2C(=O)NN(c3ccc(C)c(C)c3)C2=O)c1. The van der Waals surface area contributed by atoms with Gasteiger partial charge in [0.25, 0.3) is 11.8 Å². The molecule has 0 bridgehead atoms. The van der Waals surface area contributed by atoms with E-state index in [0.29, 0.717) is 17.0 Å². The van der Waals surface area contributed by atoms with Crippen LogP contribution < -0.4 is 15.2 Å². The van der Waals surface area contributed by atoms with E-state index in [1.54, 1.807) is 30.3 Å². The van der Waals surface area contributed by atoms with Crippen molar-refractivity contribution in [3.05, 3.63) is 64.7 Å². The Labute approximate surface area is 151 Å². The topological polar surface area (TPSA) is 75.7 Å². The zero-order valence-electron chi connectivity index (χ0n) is 14.7. The third-order valence-electron chi connectivity index (χ3n) is 4.07. The molecule has 1 aliphatic heterocycles. The third kappa shape index (κ3) is 3.49. The Morgan fingerprint density at radius 2 is 1.85 bits per heavy atom. The highest BCUT2D eigenvalue weighted by molar-refractivity contribution is 6.31. The number of hydrogen-bond donors (Lipinski definition) is 1. The van der Waals surface area contributed by atoms with Crippen LogP contribution in [-0.2, 0) is 14.4 Å². The normalized spacial score (nSPS) is 15.3. The van der Waals surface area contributed by atoms with Gasteiger partial charge in [-0.05, 0) is 60.9 Å². The first-order chi connectivity index (χ1) is 12.3. The summed E-state index contributed by atoms with van der Waals surface area (Å²) >= 11 is 0. The highest BCUT2D eigenvalue weighted by Gasteiger charge is 2.34. The van der Waals surface area contributed by atoms with Gasteiger partial charge in [-0.25, -0.2) is 5.01 Å². The maximum absolute atomic E-state index is 12.7. The van der Waals surface area contributed by atoms with Crippen molar-refractivity contribution in [1.82, 2.24) is 5.43 Å². The summed E-state index contributed by atoms with van der Waals surface area (Å²) in [4.78, 5) is 36.0. The molecule has 1 fully saturated rings. The van der Waals surface area contributed by atoms with Crippen LogP contribution in [0.15, 0.2) is 48.0 Å². The molecule has 1 aliphatic rings. The third-order valence-corrected chi connectivity index (χ3v) is 4.07. The van der Waals surface area contributed by atoms with Crippen molar-refractivity contribution in [2.75, 3.05) is 5.01 Å². The van der Waals surface area contributed by atoms with Crippen molar-refractivity contribution >= 4 is 29.5 Å². The van der Waals surface area contributed by atoms with Crippen LogP contribution in [0.1, 0.15) is 23.6 Å². The van der Waals surface area contributed by atoms with Crippen LogP contribution in [0.5, 0.6) is 5.75 Å². The number of hydrogen-bond acceptors (Lipinski definition) is 4. The highest BCUT2D eigenvalue weighted by Crippen LogP contribution is 2.24. The predicted octanol–water partition coefficient (Wildman–Crippen LogP) is 2.69. The summed E-state index contributed by atoms with van der Waals surface area (Å²) in [5.74, 6) is -1.00. The molecule has 2 aromatic rings. The van der Waals surface area contributed by atoms with Crippen LogP contribution in [0, 0.1) is 13.8 Å². The Hall–Kier alpha value is -3.41. The molecule has 2 amide bonds. The van der Waals surface area contributed by atoms with E-state index in [1.807, 2.05) is 26.0 Å². The van der Waals surface area contributed by atoms with E-state index in [0.717, 1.165) is 11.1 Å². The molecule has 1 saturated heterocycles. The van der Waals surface area contributed by atoms with Gasteiger partial charge in [0.2, 0.25) is 0 Å². The van der Waals surface area contributed by atoms with Crippen molar-refractivity contribution in [2.24, 2.45) is 0 Å². The highest BCUT2D eigenvalue weighted by atomic mass is 16.5. The summed E-state index contributed by atoms with van der Waals surface area (Å²) in [7, 11) is 0. The average molecular weight is 350 g/mol. The van der Waals surface area contributed by atoms with E-state index >= 15 is 0 Å². The van der Waals surface area contributed by atoms with Crippen molar-refractivity contribution in [2.45, 2.75) is 20.8 Å². The minimum atomic E-state index is -0.480. The Morgan fingerprint density at radius 3 is 2.54 bits per heavy atom. The molecular formula is C20H18N2O4. The number of esters is 1. The molecule has 6 heteroatoms. The number of nitrogens with zero attached hydrogens (tertiary/aromatic N) is 1. The summed E-state index contributed by atoms with van der Waals surface area (Å²) in [5, 5.41) is 1.23. The van der Waals surface area contributed by atoms with E-state index in [9.17, 15) is 14.4 Å². The number of benzene rings is 2. The number of carbonyl (C=O) groups is 3. The van der Waals surface area contributed by atoms with Gasteiger partial charge >= 0.3 is 5.97 Å². The lowest BCUT2D eigenvalue weighted by Crippen LogP contribution is -2.35. The fourth-order valence-corrected chi connectivity index (χ4v) is 2.60. The lowest BCUT2D eigenvalue weighted by Gasteiger charge is -2.15. The molecule has 1 heterocycles. The lowest BCUT2D eigenvalue weighted by molar-refractivity contribution is -0.132. The number of aryl methyl sites for hydroxylation is 2. The van der Waals surface area contributed by atoms with Crippen LogP contribution in [0.3, 0.4) is 0 Å². The number of ether oxygens (including phenoxy) is 1. The molecule has 0 atom stereocenters. The van der Waals surface area contributed by atoms with Gasteiger partial charge < -0.3 is 4.74 Å². The largest absolute Gasteiger partial charge is 0.427 e. The number of anilines is 1. The van der Waals surface area contributed by atoms with Crippen LogP contribution >= 0.6 is 0 Å². The molecule has 3 rings (SSSR count). The quantitative estimate of drug-likeness (QED) is 0.400. The molecule has 2 aromatic carbocycles. The first-order valence-electron chi connectivity index (χ1n) is 8.08. The number of amides is 2. The number of hydrazine groups is 1. The van der Waals surface area contributed by atoms with Crippen molar-refractivity contribution in [3.8, 4) is 5.75 Å². The number of nitrogens with one attached hydrogen (secondary N) is 1. The van der Waals surface area contributed by atoms with Crippen LogP contribution in [0.2, 0.25) is 0 Å². The standard InChI is InChI=1S/C20H18N2O4/c1-12-7-8-16(9-13(12)2)22-20(25)18(19(24)21-22)11-15-5-4-6-17(10-15)26-14(3)23/h4-11H,1-3H3,(H,21,24). The fraction of sp³-hybridized carbons (Fsp3) is 0.150. The first-order valence-corrected chi connectivity index (χ1v) is 8.08. The Bertz CT molecular complexity index is 947. The Balaban J connectivity index is 1.90. The maximum atomic E-state index is 12.7. The second-order valence-corrected chi connectivity index (χ2v) is 6.07. The summed E-state index contributed by atoms with van der Waals surface area (Å²) < 4.78 is 5.02. The molecule has 0 radical (unpaired) electrons. The van der Waals surface area contributed by atoms with Gasteiger partial charge in [0.15, 0.2) is 0 Å². The summed E-state index contributed by atoms with van der Waals surface area (Å²) in [5.41, 5.74) is 5.91. The second kappa shape index (κ2) is 6.84. The van der Waals surface area contributed by atoms with Gasteiger partial charge in [0.1, 0.15) is 11.3 Å². The monoisotopic (exact) mass is 350 g/mol. The summed E-state index contributed by atoms with van der Waals surface area (Å²) in [6.45, 7) is 5.23. The van der Waals surface area contributed by atoms with Gasteiger partial charge in [0, 0.05) is 6.92 Å². The zero-order chi connectivity index (χ0) is 18.8. The fourth-order valence-electron chi connectivity index (χ4n) is 2.60.